The summed E-state index contributed by atoms with van der Waals surface area (Å²) in [6, 6.07) is 33.1. The number of carbonyl (C=O) groups is 2. The van der Waals surface area contributed by atoms with E-state index in [1.165, 1.54) is 5.56 Å². The van der Waals surface area contributed by atoms with Crippen LogP contribution in [-0.4, -0.2) is 23.5 Å². The predicted molar refractivity (Wildman–Crippen MR) is 147 cm³/mol. The van der Waals surface area contributed by atoms with Crippen molar-refractivity contribution in [3.8, 4) is 5.75 Å². The van der Waals surface area contributed by atoms with Crippen LogP contribution in [0.3, 0.4) is 0 Å². The molecular formula is C29H25N3O3S. The summed E-state index contributed by atoms with van der Waals surface area (Å²) in [6.45, 7) is 0.503. The Labute approximate surface area is 215 Å². The highest BCUT2D eigenvalue weighted by Crippen LogP contribution is 2.16. The summed E-state index contributed by atoms with van der Waals surface area (Å²) in [5.41, 5.74) is 3.35. The molecule has 4 aromatic carbocycles. The van der Waals surface area contributed by atoms with E-state index in [1.807, 2.05) is 66.7 Å². The molecule has 0 saturated heterocycles. The van der Waals surface area contributed by atoms with Crippen LogP contribution < -0.4 is 20.7 Å². The molecule has 0 atom stereocenters. The monoisotopic (exact) mass is 495 g/mol. The Balaban J connectivity index is 1.30. The molecule has 4 rings (SSSR count). The molecule has 0 radical (unpaired) electrons. The van der Waals surface area contributed by atoms with E-state index in [9.17, 15) is 9.59 Å². The van der Waals surface area contributed by atoms with Gasteiger partial charge in [-0.1, -0.05) is 60.7 Å². The fourth-order valence-electron chi connectivity index (χ4n) is 3.46. The maximum atomic E-state index is 12.7. The molecular weight excluding hydrogens is 470 g/mol. The number of hydrogen-bond acceptors (Lipinski definition) is 4. The van der Waals surface area contributed by atoms with Crippen molar-refractivity contribution in [3.05, 3.63) is 126 Å². The van der Waals surface area contributed by atoms with Crippen LogP contribution in [0, 0.1) is 0 Å². The van der Waals surface area contributed by atoms with E-state index in [0.717, 1.165) is 6.42 Å². The Hall–Kier alpha value is -4.49. The van der Waals surface area contributed by atoms with Gasteiger partial charge in [0.15, 0.2) is 5.11 Å². The standard InChI is InChI=1S/C29H25N3O3S/c33-27(30-24-13-5-2-6-14-24)22-11-7-15-25(19-22)31-29(36)32-28(34)23-12-8-16-26(20-23)35-18-17-21-9-3-1-4-10-21/h1-16,19-20H,17-18H2,(H,30,33)(H2,31,32,34,36). The van der Waals surface area contributed by atoms with Crippen LogP contribution in [-0.2, 0) is 6.42 Å². The minimum atomic E-state index is -0.362. The first-order chi connectivity index (χ1) is 17.6. The molecule has 4 aromatic rings. The van der Waals surface area contributed by atoms with E-state index in [-0.39, 0.29) is 16.9 Å². The molecule has 3 N–H and O–H groups in total. The fourth-order valence-corrected chi connectivity index (χ4v) is 3.67. The van der Waals surface area contributed by atoms with Crippen LogP contribution in [0.15, 0.2) is 109 Å². The van der Waals surface area contributed by atoms with Gasteiger partial charge in [0.05, 0.1) is 6.61 Å². The summed E-state index contributed by atoms with van der Waals surface area (Å²) in [5, 5.41) is 8.59. The molecule has 0 aliphatic heterocycles. The number of thiocarbonyl (C=S) groups is 1. The third-order valence-electron chi connectivity index (χ3n) is 5.24. The van der Waals surface area contributed by atoms with E-state index >= 15 is 0 Å². The normalized spacial score (nSPS) is 10.2. The van der Waals surface area contributed by atoms with Crippen LogP contribution in [0.5, 0.6) is 5.75 Å². The summed E-state index contributed by atoms with van der Waals surface area (Å²) >= 11 is 5.31. The largest absolute Gasteiger partial charge is 0.493 e. The molecule has 0 aliphatic rings. The number of amides is 2. The van der Waals surface area contributed by atoms with Crippen molar-refractivity contribution < 1.29 is 14.3 Å². The fraction of sp³-hybridized carbons (Fsp3) is 0.0690. The Bertz CT molecular complexity index is 1340. The van der Waals surface area contributed by atoms with E-state index in [0.29, 0.717) is 34.9 Å². The van der Waals surface area contributed by atoms with Gasteiger partial charge in [0.2, 0.25) is 0 Å². The van der Waals surface area contributed by atoms with Gasteiger partial charge in [0.25, 0.3) is 11.8 Å². The van der Waals surface area contributed by atoms with Crippen molar-refractivity contribution in [3.63, 3.8) is 0 Å². The van der Waals surface area contributed by atoms with Crippen LogP contribution in [0.2, 0.25) is 0 Å². The summed E-state index contributed by atoms with van der Waals surface area (Å²) < 4.78 is 5.81. The number of anilines is 2. The van der Waals surface area contributed by atoms with Gasteiger partial charge in [-0.15, -0.1) is 0 Å². The molecule has 36 heavy (non-hydrogen) atoms. The average Bonchev–Trinajstić information content (AvgIpc) is 2.90. The van der Waals surface area contributed by atoms with Gasteiger partial charge >= 0.3 is 0 Å². The van der Waals surface area contributed by atoms with Gasteiger partial charge in [0, 0.05) is 28.9 Å². The molecule has 2 amide bonds. The number of benzene rings is 4. The van der Waals surface area contributed by atoms with E-state index in [2.05, 4.69) is 16.0 Å². The molecule has 0 bridgehead atoms. The first-order valence-electron chi connectivity index (χ1n) is 11.4. The lowest BCUT2D eigenvalue weighted by Gasteiger charge is -2.12. The zero-order valence-corrected chi connectivity index (χ0v) is 20.3. The Morgan fingerprint density at radius 2 is 1.31 bits per heavy atom. The first-order valence-corrected chi connectivity index (χ1v) is 11.8. The summed E-state index contributed by atoms with van der Waals surface area (Å²) in [6.07, 6.45) is 0.772. The highest BCUT2D eigenvalue weighted by atomic mass is 32.1. The van der Waals surface area contributed by atoms with Crippen LogP contribution in [0.4, 0.5) is 11.4 Å². The molecule has 0 spiro atoms. The lowest BCUT2D eigenvalue weighted by molar-refractivity contribution is 0.0975. The maximum Gasteiger partial charge on any atom is 0.257 e. The number of rotatable bonds is 8. The number of hydrogen-bond donors (Lipinski definition) is 3. The summed E-state index contributed by atoms with van der Waals surface area (Å²) in [7, 11) is 0. The summed E-state index contributed by atoms with van der Waals surface area (Å²) in [4.78, 5) is 25.3. The Morgan fingerprint density at radius 1 is 0.667 bits per heavy atom. The maximum absolute atomic E-state index is 12.7. The van der Waals surface area contributed by atoms with E-state index < -0.39 is 0 Å². The second-order valence-electron chi connectivity index (χ2n) is 7.92. The highest BCUT2D eigenvalue weighted by molar-refractivity contribution is 7.80. The number of para-hydroxylation sites is 1. The van der Waals surface area contributed by atoms with Crippen molar-refractivity contribution in [2.75, 3.05) is 17.2 Å². The second kappa shape index (κ2) is 12.3. The lowest BCUT2D eigenvalue weighted by atomic mass is 10.1. The minimum absolute atomic E-state index is 0.121. The van der Waals surface area contributed by atoms with Gasteiger partial charge in [-0.2, -0.15) is 0 Å². The van der Waals surface area contributed by atoms with Gasteiger partial charge in [-0.25, -0.2) is 0 Å². The molecule has 0 aromatic heterocycles. The van der Waals surface area contributed by atoms with Gasteiger partial charge < -0.3 is 15.4 Å². The van der Waals surface area contributed by atoms with Crippen LogP contribution >= 0.6 is 12.2 Å². The minimum Gasteiger partial charge on any atom is -0.493 e. The SMILES string of the molecule is O=C(NC(=S)Nc1cccc(C(=O)Nc2ccccc2)c1)c1cccc(OCCc2ccccc2)c1. The van der Waals surface area contributed by atoms with Crippen LogP contribution in [0.25, 0.3) is 0 Å². The van der Waals surface area contributed by atoms with Crippen LogP contribution in [0.1, 0.15) is 26.3 Å². The third-order valence-corrected chi connectivity index (χ3v) is 5.44. The molecule has 0 heterocycles. The van der Waals surface area contributed by atoms with Gasteiger partial charge in [-0.3, -0.25) is 14.9 Å². The zero-order chi connectivity index (χ0) is 25.2. The molecule has 180 valence electrons. The smallest absolute Gasteiger partial charge is 0.257 e. The zero-order valence-electron chi connectivity index (χ0n) is 19.4. The Morgan fingerprint density at radius 3 is 2.06 bits per heavy atom. The third kappa shape index (κ3) is 7.25. The first kappa shape index (κ1) is 24.6. The molecule has 0 unspecified atom stereocenters. The Kier molecular flexibility index (Phi) is 8.40. The number of ether oxygens (including phenoxy) is 1. The van der Waals surface area contributed by atoms with Crippen molar-refractivity contribution in [2.45, 2.75) is 6.42 Å². The highest BCUT2D eigenvalue weighted by Gasteiger charge is 2.11. The molecule has 0 aliphatic carbocycles. The molecule has 0 saturated carbocycles. The van der Waals surface area contributed by atoms with Crippen molar-refractivity contribution in [1.29, 1.82) is 0 Å². The topological polar surface area (TPSA) is 79.5 Å². The van der Waals surface area contributed by atoms with Crippen molar-refractivity contribution >= 4 is 40.5 Å². The van der Waals surface area contributed by atoms with E-state index in [4.69, 9.17) is 17.0 Å². The quantitative estimate of drug-likeness (QED) is 0.274. The summed E-state index contributed by atoms with van der Waals surface area (Å²) in [5.74, 6) is -0.00236. The number of nitrogens with one attached hydrogen (secondary N) is 3. The second-order valence-corrected chi connectivity index (χ2v) is 8.33. The van der Waals surface area contributed by atoms with Crippen molar-refractivity contribution in [2.24, 2.45) is 0 Å². The number of carbonyl (C=O) groups excluding carboxylic acids is 2. The van der Waals surface area contributed by atoms with Gasteiger partial charge in [0.1, 0.15) is 5.75 Å². The van der Waals surface area contributed by atoms with E-state index in [1.54, 1.807) is 42.5 Å². The lowest BCUT2D eigenvalue weighted by Crippen LogP contribution is -2.34. The van der Waals surface area contributed by atoms with Gasteiger partial charge in [-0.05, 0) is 66.3 Å². The average molecular weight is 496 g/mol. The molecule has 6 nitrogen and oxygen atoms in total. The predicted octanol–water partition coefficient (Wildman–Crippen LogP) is 5.69. The molecule has 7 heteroatoms. The van der Waals surface area contributed by atoms with Crippen molar-refractivity contribution in [1.82, 2.24) is 5.32 Å². The molecule has 0 fully saturated rings.